The van der Waals surface area contributed by atoms with Gasteiger partial charge in [-0.1, -0.05) is 24.3 Å². The zero-order valence-corrected chi connectivity index (χ0v) is 23.7. The molecule has 0 spiro atoms. The number of ether oxygens (including phenoxy) is 1. The highest BCUT2D eigenvalue weighted by Gasteiger charge is 2.28. The van der Waals surface area contributed by atoms with Gasteiger partial charge in [-0.15, -0.1) is 0 Å². The average Bonchev–Trinajstić information content (AvgIpc) is 2.98. The van der Waals surface area contributed by atoms with Crippen LogP contribution in [0.1, 0.15) is 36.8 Å². The molecule has 2 heterocycles. The fraction of sp³-hybridized carbons (Fsp3) is 0.467. The summed E-state index contributed by atoms with van der Waals surface area (Å²) >= 11 is 0. The highest BCUT2D eigenvalue weighted by atomic mass is 16.5. The Morgan fingerprint density at radius 3 is 2.22 bits per heavy atom. The van der Waals surface area contributed by atoms with E-state index in [1.165, 1.54) is 7.11 Å². The molecule has 2 aromatic rings. The SMILES string of the molecule is COc1cc(CC(=O)N2CCC(CNC(=O)N3CCC(C(=O)O)CC3)CC2)ccc1NC(=O)Nc1ccccc1C. The third-order valence-corrected chi connectivity index (χ3v) is 7.90. The van der Waals surface area contributed by atoms with Crippen molar-refractivity contribution in [1.82, 2.24) is 15.1 Å². The van der Waals surface area contributed by atoms with Crippen molar-refractivity contribution in [3.8, 4) is 5.75 Å². The fourth-order valence-electron chi connectivity index (χ4n) is 5.28. The normalized spacial score (nSPS) is 16.1. The number of carboxylic acid groups (broad SMARTS) is 1. The molecule has 220 valence electrons. The standard InChI is InChI=1S/C30H39N5O6/c1-20-5-3-4-6-24(20)32-29(39)33-25-8-7-22(17-26(25)41-2)18-27(36)34-13-9-21(10-14-34)19-31-30(40)35-15-11-23(12-16-35)28(37)38/h3-8,17,21,23H,9-16,18-19H2,1-2H3,(H,31,40)(H,37,38)(H2,32,33,39). The van der Waals surface area contributed by atoms with E-state index in [2.05, 4.69) is 16.0 Å². The summed E-state index contributed by atoms with van der Waals surface area (Å²) in [7, 11) is 1.52. The van der Waals surface area contributed by atoms with E-state index < -0.39 is 5.97 Å². The van der Waals surface area contributed by atoms with Gasteiger partial charge in [0.2, 0.25) is 5.91 Å². The van der Waals surface area contributed by atoms with Gasteiger partial charge in [0.15, 0.2) is 0 Å². The summed E-state index contributed by atoms with van der Waals surface area (Å²) in [6.45, 7) is 4.62. The minimum Gasteiger partial charge on any atom is -0.495 e. The quantitative estimate of drug-likeness (QED) is 0.382. The summed E-state index contributed by atoms with van der Waals surface area (Å²) in [4.78, 5) is 52.7. The summed E-state index contributed by atoms with van der Waals surface area (Å²) in [6.07, 6.45) is 2.79. The molecule has 0 radical (unpaired) electrons. The lowest BCUT2D eigenvalue weighted by Gasteiger charge is -2.34. The van der Waals surface area contributed by atoms with E-state index in [-0.39, 0.29) is 36.2 Å². The van der Waals surface area contributed by atoms with Crippen molar-refractivity contribution in [3.05, 3.63) is 53.6 Å². The summed E-state index contributed by atoms with van der Waals surface area (Å²) in [6, 6.07) is 12.3. The molecule has 0 saturated carbocycles. The van der Waals surface area contributed by atoms with Crippen LogP contribution in [-0.4, -0.2) is 78.7 Å². The second-order valence-electron chi connectivity index (χ2n) is 10.7. The molecule has 0 atom stereocenters. The van der Waals surface area contributed by atoms with E-state index >= 15 is 0 Å². The van der Waals surface area contributed by atoms with Gasteiger partial charge in [-0.2, -0.15) is 0 Å². The van der Waals surface area contributed by atoms with E-state index in [1.807, 2.05) is 42.2 Å². The Morgan fingerprint density at radius 1 is 0.902 bits per heavy atom. The second kappa shape index (κ2) is 13.9. The zero-order valence-electron chi connectivity index (χ0n) is 23.7. The van der Waals surface area contributed by atoms with Gasteiger partial charge in [-0.05, 0) is 67.9 Å². The number of hydrogen-bond acceptors (Lipinski definition) is 5. The molecular weight excluding hydrogens is 526 g/mol. The van der Waals surface area contributed by atoms with Gasteiger partial charge in [0.05, 0.1) is 25.1 Å². The maximum atomic E-state index is 13.0. The van der Waals surface area contributed by atoms with Gasteiger partial charge in [0.25, 0.3) is 0 Å². The van der Waals surface area contributed by atoms with Crippen LogP contribution in [0.25, 0.3) is 0 Å². The van der Waals surface area contributed by atoms with E-state index in [1.54, 1.807) is 17.0 Å². The molecule has 2 aliphatic heterocycles. The van der Waals surface area contributed by atoms with Gasteiger partial charge < -0.3 is 35.6 Å². The highest BCUT2D eigenvalue weighted by molar-refractivity contribution is 6.01. The first kappa shape index (κ1) is 29.7. The average molecular weight is 566 g/mol. The number of carbonyl (C=O) groups excluding carboxylic acids is 3. The van der Waals surface area contributed by atoms with E-state index in [0.717, 1.165) is 29.7 Å². The molecule has 4 rings (SSSR count). The Labute approximate surface area is 240 Å². The van der Waals surface area contributed by atoms with Gasteiger partial charge in [0.1, 0.15) is 5.75 Å². The number of para-hydroxylation sites is 1. The van der Waals surface area contributed by atoms with Crippen LogP contribution in [-0.2, 0) is 16.0 Å². The zero-order chi connectivity index (χ0) is 29.4. The summed E-state index contributed by atoms with van der Waals surface area (Å²) in [5.41, 5.74) is 2.96. The number of aryl methyl sites for hydroxylation is 1. The Balaban J connectivity index is 1.21. The maximum absolute atomic E-state index is 13.0. The Morgan fingerprint density at radius 2 is 1.56 bits per heavy atom. The monoisotopic (exact) mass is 565 g/mol. The first-order valence-corrected chi connectivity index (χ1v) is 14.1. The molecule has 0 aliphatic carbocycles. The molecule has 2 aromatic carbocycles. The fourth-order valence-corrected chi connectivity index (χ4v) is 5.28. The molecule has 0 aromatic heterocycles. The minimum absolute atomic E-state index is 0.0221. The van der Waals surface area contributed by atoms with E-state index in [9.17, 15) is 19.2 Å². The molecule has 5 amide bonds. The number of carbonyl (C=O) groups is 4. The Kier molecular flexibility index (Phi) is 10.0. The van der Waals surface area contributed by atoms with E-state index in [0.29, 0.717) is 57.0 Å². The Hall–Kier alpha value is -4.28. The second-order valence-corrected chi connectivity index (χ2v) is 10.7. The van der Waals surface area contributed by atoms with Crippen LogP contribution in [0, 0.1) is 18.8 Å². The minimum atomic E-state index is -0.793. The lowest BCUT2D eigenvalue weighted by Crippen LogP contribution is -2.48. The molecular formula is C30H39N5O6. The van der Waals surface area contributed by atoms with Crippen molar-refractivity contribution in [2.75, 3.05) is 50.5 Å². The number of urea groups is 2. The van der Waals surface area contributed by atoms with Gasteiger partial charge in [-0.25, -0.2) is 9.59 Å². The van der Waals surface area contributed by atoms with Crippen molar-refractivity contribution in [1.29, 1.82) is 0 Å². The number of hydrogen-bond donors (Lipinski definition) is 4. The number of amides is 5. The van der Waals surface area contributed by atoms with Crippen molar-refractivity contribution >= 4 is 35.3 Å². The number of nitrogens with one attached hydrogen (secondary N) is 3. The van der Waals surface area contributed by atoms with Crippen LogP contribution in [0.2, 0.25) is 0 Å². The Bertz CT molecular complexity index is 1250. The maximum Gasteiger partial charge on any atom is 0.323 e. The first-order valence-electron chi connectivity index (χ1n) is 14.1. The summed E-state index contributed by atoms with van der Waals surface area (Å²) < 4.78 is 5.48. The van der Waals surface area contributed by atoms with Crippen molar-refractivity contribution in [2.45, 2.75) is 39.0 Å². The van der Waals surface area contributed by atoms with Crippen molar-refractivity contribution in [3.63, 3.8) is 0 Å². The van der Waals surface area contributed by atoms with Crippen LogP contribution in [0.15, 0.2) is 42.5 Å². The molecule has 0 bridgehead atoms. The number of piperidine rings is 2. The molecule has 0 unspecified atom stereocenters. The lowest BCUT2D eigenvalue weighted by atomic mass is 9.96. The van der Waals surface area contributed by atoms with E-state index in [4.69, 9.17) is 9.84 Å². The molecule has 11 nitrogen and oxygen atoms in total. The van der Waals surface area contributed by atoms with Crippen LogP contribution >= 0.6 is 0 Å². The van der Waals surface area contributed by atoms with Crippen LogP contribution in [0.4, 0.5) is 21.0 Å². The highest BCUT2D eigenvalue weighted by Crippen LogP contribution is 2.27. The molecule has 11 heteroatoms. The molecule has 2 aliphatic rings. The summed E-state index contributed by atoms with van der Waals surface area (Å²) in [5, 5.41) is 17.7. The third kappa shape index (κ3) is 8.12. The van der Waals surface area contributed by atoms with Crippen LogP contribution < -0.4 is 20.7 Å². The van der Waals surface area contributed by atoms with Crippen molar-refractivity contribution < 1.29 is 29.0 Å². The van der Waals surface area contributed by atoms with Crippen LogP contribution in [0.5, 0.6) is 5.75 Å². The molecule has 4 N–H and O–H groups in total. The van der Waals surface area contributed by atoms with Crippen LogP contribution in [0.3, 0.4) is 0 Å². The number of aliphatic carboxylic acids is 1. The number of carboxylic acids is 1. The summed E-state index contributed by atoms with van der Waals surface area (Å²) in [5.74, 6) is -0.382. The largest absolute Gasteiger partial charge is 0.495 e. The number of likely N-dealkylation sites (tertiary alicyclic amines) is 2. The number of nitrogens with zero attached hydrogens (tertiary/aromatic N) is 2. The molecule has 41 heavy (non-hydrogen) atoms. The van der Waals surface area contributed by atoms with Gasteiger partial charge in [0, 0.05) is 38.4 Å². The number of methoxy groups -OCH3 is 1. The van der Waals surface area contributed by atoms with Gasteiger partial charge in [-0.3, -0.25) is 9.59 Å². The third-order valence-electron chi connectivity index (χ3n) is 7.90. The smallest absolute Gasteiger partial charge is 0.323 e. The van der Waals surface area contributed by atoms with Crippen molar-refractivity contribution in [2.24, 2.45) is 11.8 Å². The lowest BCUT2D eigenvalue weighted by molar-refractivity contribution is -0.143. The molecule has 2 fully saturated rings. The predicted molar refractivity (Wildman–Crippen MR) is 155 cm³/mol. The predicted octanol–water partition coefficient (Wildman–Crippen LogP) is 3.93. The topological polar surface area (TPSA) is 140 Å². The molecule has 2 saturated heterocycles. The van der Waals surface area contributed by atoms with Gasteiger partial charge >= 0.3 is 18.0 Å². The number of rotatable bonds is 8. The first-order chi connectivity index (χ1) is 19.7. The number of benzene rings is 2. The number of anilines is 2.